The van der Waals surface area contributed by atoms with E-state index in [4.69, 9.17) is 0 Å². The molecule has 2 N–H and O–H groups in total. The molecule has 0 atom stereocenters. The van der Waals surface area contributed by atoms with Crippen molar-refractivity contribution >= 4 is 22.4 Å². The monoisotopic (exact) mass is 278 g/mol. The first-order valence-corrected chi connectivity index (χ1v) is 7.09. The molecule has 0 aliphatic rings. The molecule has 5 nitrogen and oxygen atoms in total. The molecule has 2 rings (SSSR count). The first-order chi connectivity index (χ1) is 9.01. The summed E-state index contributed by atoms with van der Waals surface area (Å²) in [4.78, 5) is 17.6. The lowest BCUT2D eigenvalue weighted by atomic mass is 10.1. The van der Waals surface area contributed by atoms with Gasteiger partial charge in [-0.05, 0) is 27.2 Å². The van der Waals surface area contributed by atoms with Crippen molar-refractivity contribution in [3.8, 4) is 0 Å². The zero-order valence-electron chi connectivity index (χ0n) is 11.6. The molecule has 0 radical (unpaired) electrons. The van der Waals surface area contributed by atoms with Gasteiger partial charge in [-0.3, -0.25) is 9.89 Å². The van der Waals surface area contributed by atoms with Crippen LogP contribution in [0.3, 0.4) is 0 Å². The molecule has 0 bridgehead atoms. The molecule has 102 valence electrons. The number of hydrogen-bond donors (Lipinski definition) is 2. The first-order valence-electron chi connectivity index (χ1n) is 6.27. The fourth-order valence-electron chi connectivity index (χ4n) is 1.97. The Morgan fingerprint density at radius 3 is 2.63 bits per heavy atom. The lowest BCUT2D eigenvalue weighted by Gasteiger charge is -2.02. The topological polar surface area (TPSA) is 70.7 Å². The van der Waals surface area contributed by atoms with Gasteiger partial charge in [0.1, 0.15) is 0 Å². The molecule has 0 aromatic carbocycles. The van der Waals surface area contributed by atoms with Gasteiger partial charge in [0.25, 0.3) is 0 Å². The van der Waals surface area contributed by atoms with E-state index in [-0.39, 0.29) is 5.91 Å². The number of thiazole rings is 1. The summed E-state index contributed by atoms with van der Waals surface area (Å²) >= 11 is 1.52. The van der Waals surface area contributed by atoms with E-state index in [0.29, 0.717) is 11.6 Å². The smallest absolute Gasteiger partial charge is 0.230 e. The molecule has 0 fully saturated rings. The van der Waals surface area contributed by atoms with Gasteiger partial charge in [-0.2, -0.15) is 5.10 Å². The average molecular weight is 278 g/mol. The van der Waals surface area contributed by atoms with Crippen molar-refractivity contribution in [2.24, 2.45) is 0 Å². The van der Waals surface area contributed by atoms with E-state index in [1.807, 2.05) is 20.8 Å². The molecule has 2 aromatic rings. The van der Waals surface area contributed by atoms with E-state index in [9.17, 15) is 4.79 Å². The maximum atomic E-state index is 12.0. The highest BCUT2D eigenvalue weighted by molar-refractivity contribution is 7.15. The van der Waals surface area contributed by atoms with Crippen LogP contribution in [0.5, 0.6) is 0 Å². The van der Waals surface area contributed by atoms with E-state index >= 15 is 0 Å². The Kier molecular flexibility index (Phi) is 3.99. The van der Waals surface area contributed by atoms with Crippen molar-refractivity contribution in [2.75, 3.05) is 5.32 Å². The van der Waals surface area contributed by atoms with Crippen LogP contribution in [-0.2, 0) is 17.6 Å². The molecule has 1 amide bonds. The minimum absolute atomic E-state index is 0.0518. The Bertz CT molecular complexity index is 580. The van der Waals surface area contributed by atoms with Crippen LogP contribution in [0.1, 0.15) is 34.4 Å². The Morgan fingerprint density at radius 2 is 2.11 bits per heavy atom. The van der Waals surface area contributed by atoms with Crippen LogP contribution in [0.2, 0.25) is 0 Å². The van der Waals surface area contributed by atoms with Crippen molar-refractivity contribution in [1.29, 1.82) is 0 Å². The Balaban J connectivity index is 2.05. The number of aromatic nitrogens is 3. The highest BCUT2D eigenvalue weighted by atomic mass is 32.1. The van der Waals surface area contributed by atoms with Crippen LogP contribution >= 0.6 is 11.3 Å². The molecule has 2 heterocycles. The minimum Gasteiger partial charge on any atom is -0.302 e. The number of amides is 1. The van der Waals surface area contributed by atoms with Gasteiger partial charge < -0.3 is 5.32 Å². The molecule has 2 aromatic heterocycles. The minimum atomic E-state index is -0.0518. The number of anilines is 1. The number of aromatic amines is 1. The molecule has 0 spiro atoms. The summed E-state index contributed by atoms with van der Waals surface area (Å²) in [6.07, 6.45) is 1.21. The van der Waals surface area contributed by atoms with Gasteiger partial charge >= 0.3 is 0 Å². The van der Waals surface area contributed by atoms with Crippen LogP contribution in [-0.4, -0.2) is 21.1 Å². The van der Waals surface area contributed by atoms with E-state index < -0.39 is 0 Å². The average Bonchev–Trinajstić information content (AvgIpc) is 2.86. The van der Waals surface area contributed by atoms with Crippen LogP contribution in [0.15, 0.2) is 0 Å². The quantitative estimate of drug-likeness (QED) is 0.903. The van der Waals surface area contributed by atoms with Crippen molar-refractivity contribution in [3.63, 3.8) is 0 Å². The molecule has 6 heteroatoms. The van der Waals surface area contributed by atoms with Gasteiger partial charge in [0.05, 0.1) is 17.8 Å². The summed E-state index contributed by atoms with van der Waals surface area (Å²) in [5.41, 5.74) is 3.83. The maximum absolute atomic E-state index is 12.0. The zero-order chi connectivity index (χ0) is 14.0. The lowest BCUT2D eigenvalue weighted by molar-refractivity contribution is -0.115. The number of carbonyl (C=O) groups excluding carboxylic acids is 1. The SMILES string of the molecule is CCc1nc(NC(=O)Cc2c(C)n[nH]c2C)sc1C. The van der Waals surface area contributed by atoms with Crippen LogP contribution < -0.4 is 5.32 Å². The number of carbonyl (C=O) groups is 1. The molecule has 0 saturated heterocycles. The highest BCUT2D eigenvalue weighted by Gasteiger charge is 2.13. The summed E-state index contributed by atoms with van der Waals surface area (Å²) in [5.74, 6) is -0.0518. The molecular formula is C13H18N4OS. The molecule has 0 saturated carbocycles. The van der Waals surface area contributed by atoms with Gasteiger partial charge in [0.15, 0.2) is 5.13 Å². The standard InChI is InChI=1S/C13H18N4OS/c1-5-11-9(4)19-13(14-11)15-12(18)6-10-7(2)16-17-8(10)3/h5-6H2,1-4H3,(H,16,17)(H,14,15,18). The fraction of sp³-hybridized carbons (Fsp3) is 0.462. The first kappa shape index (κ1) is 13.7. The number of nitrogens with zero attached hydrogens (tertiary/aromatic N) is 2. The molecule has 0 aliphatic carbocycles. The highest BCUT2D eigenvalue weighted by Crippen LogP contribution is 2.22. The van der Waals surface area contributed by atoms with Crippen molar-refractivity contribution < 1.29 is 4.79 Å². The second kappa shape index (κ2) is 5.52. The second-order valence-electron chi connectivity index (χ2n) is 4.51. The largest absolute Gasteiger partial charge is 0.302 e. The second-order valence-corrected chi connectivity index (χ2v) is 5.72. The number of nitrogens with one attached hydrogen (secondary N) is 2. The van der Waals surface area contributed by atoms with Gasteiger partial charge in [0, 0.05) is 16.1 Å². The fourth-order valence-corrected chi connectivity index (χ4v) is 2.89. The number of aryl methyl sites for hydroxylation is 4. The summed E-state index contributed by atoms with van der Waals surface area (Å²) in [6, 6.07) is 0. The van der Waals surface area contributed by atoms with Crippen LogP contribution in [0, 0.1) is 20.8 Å². The van der Waals surface area contributed by atoms with Crippen LogP contribution in [0.25, 0.3) is 0 Å². The molecule has 0 unspecified atom stereocenters. The number of rotatable bonds is 4. The van der Waals surface area contributed by atoms with Crippen molar-refractivity contribution in [1.82, 2.24) is 15.2 Å². The predicted octanol–water partition coefficient (Wildman–Crippen LogP) is 2.54. The van der Waals surface area contributed by atoms with Gasteiger partial charge in [-0.25, -0.2) is 4.98 Å². The predicted molar refractivity (Wildman–Crippen MR) is 76.6 cm³/mol. The van der Waals surface area contributed by atoms with Crippen molar-refractivity contribution in [3.05, 3.63) is 27.5 Å². The molecular weight excluding hydrogens is 260 g/mol. The van der Waals surface area contributed by atoms with Gasteiger partial charge in [0.2, 0.25) is 5.91 Å². The van der Waals surface area contributed by atoms with Crippen molar-refractivity contribution in [2.45, 2.75) is 40.5 Å². The maximum Gasteiger partial charge on any atom is 0.230 e. The van der Waals surface area contributed by atoms with E-state index in [1.54, 1.807) is 0 Å². The van der Waals surface area contributed by atoms with Gasteiger partial charge in [-0.15, -0.1) is 11.3 Å². The van der Waals surface area contributed by atoms with E-state index in [2.05, 4.69) is 27.4 Å². The third-order valence-electron chi connectivity index (χ3n) is 3.09. The lowest BCUT2D eigenvalue weighted by Crippen LogP contribution is -2.15. The summed E-state index contributed by atoms with van der Waals surface area (Å²) in [7, 11) is 0. The number of H-pyrrole nitrogens is 1. The Morgan fingerprint density at radius 1 is 1.37 bits per heavy atom. The summed E-state index contributed by atoms with van der Waals surface area (Å²) in [5, 5.41) is 10.5. The third kappa shape index (κ3) is 3.01. The Labute approximate surface area is 116 Å². The number of hydrogen-bond acceptors (Lipinski definition) is 4. The molecule has 0 aliphatic heterocycles. The van der Waals surface area contributed by atoms with Gasteiger partial charge in [-0.1, -0.05) is 6.92 Å². The normalized spacial score (nSPS) is 10.7. The summed E-state index contributed by atoms with van der Waals surface area (Å²) < 4.78 is 0. The zero-order valence-corrected chi connectivity index (χ0v) is 12.4. The van der Waals surface area contributed by atoms with E-state index in [1.165, 1.54) is 11.3 Å². The molecule has 19 heavy (non-hydrogen) atoms. The third-order valence-corrected chi connectivity index (χ3v) is 4.02. The summed E-state index contributed by atoms with van der Waals surface area (Å²) in [6.45, 7) is 7.91. The Hall–Kier alpha value is -1.69. The van der Waals surface area contributed by atoms with Crippen LogP contribution in [0.4, 0.5) is 5.13 Å². The van der Waals surface area contributed by atoms with E-state index in [0.717, 1.165) is 33.9 Å².